The van der Waals surface area contributed by atoms with Crippen LogP contribution in [0.15, 0.2) is 60.3 Å². The van der Waals surface area contributed by atoms with Crippen molar-refractivity contribution in [3.63, 3.8) is 0 Å². The molecule has 3 aromatic carbocycles. The van der Waals surface area contributed by atoms with Crippen LogP contribution in [0, 0.1) is 23.3 Å². The molecule has 2 N–H and O–H groups in total. The maximum Gasteiger partial charge on any atom is 0.201 e. The Bertz CT molecular complexity index is 1760. The first-order valence-corrected chi connectivity index (χ1v) is 14.2. The molecule has 43 heavy (non-hydrogen) atoms. The molecule has 4 aromatic rings. The Kier molecular flexibility index (Phi) is 7.56. The molecule has 0 atom stereocenters. The molecule has 222 valence electrons. The van der Waals surface area contributed by atoms with Crippen molar-refractivity contribution in [1.29, 1.82) is 0 Å². The Morgan fingerprint density at radius 2 is 1.77 bits per heavy atom. The second kappa shape index (κ2) is 11.3. The van der Waals surface area contributed by atoms with Gasteiger partial charge in [0.25, 0.3) is 0 Å². The van der Waals surface area contributed by atoms with Crippen LogP contribution in [0.1, 0.15) is 59.7 Å². The fraction of sp³-hybridized carbons (Fsp3) is 0.273. The van der Waals surface area contributed by atoms with E-state index in [1.54, 1.807) is 6.08 Å². The van der Waals surface area contributed by atoms with Crippen molar-refractivity contribution in [2.75, 3.05) is 18.8 Å². The van der Waals surface area contributed by atoms with Gasteiger partial charge in [-0.3, -0.25) is 4.79 Å². The van der Waals surface area contributed by atoms with Crippen LogP contribution in [-0.4, -0.2) is 39.6 Å². The van der Waals surface area contributed by atoms with Gasteiger partial charge in [0.15, 0.2) is 23.2 Å². The third-order valence-electron chi connectivity index (χ3n) is 8.30. The number of piperidine rings is 1. The summed E-state index contributed by atoms with van der Waals surface area (Å²) in [6, 6.07) is 10.9. The second-order valence-electron chi connectivity index (χ2n) is 11.3. The zero-order valence-corrected chi connectivity index (χ0v) is 23.7. The summed E-state index contributed by atoms with van der Waals surface area (Å²) in [5.74, 6) is -4.14. The number of halogens is 4. The van der Waals surface area contributed by atoms with Gasteiger partial charge in [0.05, 0.1) is 11.8 Å². The maximum absolute atomic E-state index is 15.2. The van der Waals surface area contributed by atoms with Gasteiger partial charge in [-0.15, -0.1) is 0 Å². The summed E-state index contributed by atoms with van der Waals surface area (Å²) >= 11 is 0. The summed E-state index contributed by atoms with van der Waals surface area (Å²) in [5, 5.41) is 4.12. The van der Waals surface area contributed by atoms with Crippen molar-refractivity contribution in [2.45, 2.75) is 45.1 Å². The van der Waals surface area contributed by atoms with Crippen molar-refractivity contribution in [3.05, 3.63) is 106 Å². The van der Waals surface area contributed by atoms with Crippen molar-refractivity contribution in [2.24, 2.45) is 0 Å². The number of nitrogens with two attached hydrogens (primary N) is 1. The molecule has 0 saturated carbocycles. The number of ketones is 1. The molecule has 0 bridgehead atoms. The smallest absolute Gasteiger partial charge is 0.201 e. The molecule has 2 aliphatic rings. The van der Waals surface area contributed by atoms with Gasteiger partial charge >= 0.3 is 0 Å². The SMILES string of the molecule is CC(C)N1CCC(c2cc3c(cc2F)CC(C(=O)c2cnn(-c4ccc(Oc5cccc(F)c5F)cc4F)c2N)=C3)CC1. The van der Waals surface area contributed by atoms with E-state index >= 15 is 8.78 Å². The highest BCUT2D eigenvalue weighted by Crippen LogP contribution is 2.37. The summed E-state index contributed by atoms with van der Waals surface area (Å²) in [6.45, 7) is 6.17. The van der Waals surface area contributed by atoms with Gasteiger partial charge in [-0.05, 0) is 105 Å². The van der Waals surface area contributed by atoms with E-state index in [4.69, 9.17) is 10.5 Å². The Balaban J connectivity index is 1.20. The van der Waals surface area contributed by atoms with E-state index in [0.29, 0.717) is 17.2 Å². The first kappa shape index (κ1) is 28.7. The number of hydrogen-bond acceptors (Lipinski definition) is 5. The van der Waals surface area contributed by atoms with E-state index in [-0.39, 0.29) is 46.8 Å². The number of nitrogen functional groups attached to an aromatic ring is 1. The summed E-state index contributed by atoms with van der Waals surface area (Å²) in [7, 11) is 0. The van der Waals surface area contributed by atoms with E-state index in [1.807, 2.05) is 6.07 Å². The molecule has 0 unspecified atom stereocenters. The molecule has 6 rings (SSSR count). The maximum atomic E-state index is 15.2. The molecule has 1 aliphatic heterocycles. The van der Waals surface area contributed by atoms with Crippen LogP contribution in [0.2, 0.25) is 0 Å². The number of hydrogen-bond donors (Lipinski definition) is 1. The van der Waals surface area contributed by atoms with Crippen LogP contribution >= 0.6 is 0 Å². The number of carbonyl (C=O) groups is 1. The lowest BCUT2D eigenvalue weighted by Crippen LogP contribution is -2.38. The molecule has 6 nitrogen and oxygen atoms in total. The normalized spacial score (nSPS) is 15.6. The van der Waals surface area contributed by atoms with Crippen molar-refractivity contribution < 1.29 is 27.1 Å². The number of rotatable bonds is 7. The molecular formula is C33H30F4N4O2. The van der Waals surface area contributed by atoms with E-state index in [1.165, 1.54) is 36.5 Å². The molecule has 1 fully saturated rings. The third kappa shape index (κ3) is 5.43. The molecule has 0 spiro atoms. The molecule has 10 heteroatoms. The standard InChI is InChI=1S/C33H30F4N4O2/c1-18(2)40-10-8-19(9-11-40)24-14-20-12-22(13-21(20)15-27(24)35)32(42)25-17-39-41(33(25)38)29-7-6-23(16-28(29)36)43-30-5-3-4-26(34)31(30)37/h3-7,12,14-19H,8-11,13,38H2,1-2H3. The molecular weight excluding hydrogens is 560 g/mol. The average Bonchev–Trinajstić information content (AvgIpc) is 3.58. The second-order valence-corrected chi connectivity index (χ2v) is 11.3. The summed E-state index contributed by atoms with van der Waals surface area (Å²) in [6.07, 6.45) is 5.04. The molecule has 1 aromatic heterocycles. The molecule has 0 amide bonds. The number of benzene rings is 3. The number of nitrogens with zero attached hydrogens (tertiary/aromatic N) is 3. The zero-order chi connectivity index (χ0) is 30.4. The van der Waals surface area contributed by atoms with Gasteiger partial charge < -0.3 is 15.4 Å². The third-order valence-corrected chi connectivity index (χ3v) is 8.30. The monoisotopic (exact) mass is 590 g/mol. The zero-order valence-electron chi connectivity index (χ0n) is 23.7. The van der Waals surface area contributed by atoms with Gasteiger partial charge in [-0.1, -0.05) is 6.07 Å². The number of fused-ring (bicyclic) bond motifs is 1. The number of allylic oxidation sites excluding steroid dienone is 1. The number of likely N-dealkylation sites (tertiary alicyclic amines) is 1. The van der Waals surface area contributed by atoms with Gasteiger partial charge in [0.2, 0.25) is 5.82 Å². The highest BCUT2D eigenvalue weighted by molar-refractivity contribution is 6.15. The minimum Gasteiger partial charge on any atom is -0.454 e. The van der Waals surface area contributed by atoms with E-state index < -0.39 is 23.2 Å². The lowest BCUT2D eigenvalue weighted by atomic mass is 9.87. The quantitative estimate of drug-likeness (QED) is 0.182. The molecule has 2 heterocycles. The summed E-state index contributed by atoms with van der Waals surface area (Å²) in [4.78, 5) is 15.9. The Morgan fingerprint density at radius 3 is 2.49 bits per heavy atom. The van der Waals surface area contributed by atoms with Crippen molar-refractivity contribution in [1.82, 2.24) is 14.7 Å². The lowest BCUT2D eigenvalue weighted by molar-refractivity contribution is 0.103. The van der Waals surface area contributed by atoms with E-state index in [2.05, 4.69) is 23.8 Å². The minimum atomic E-state index is -1.19. The summed E-state index contributed by atoms with van der Waals surface area (Å²) in [5.41, 5.74) is 8.93. The first-order chi connectivity index (χ1) is 20.6. The fourth-order valence-corrected chi connectivity index (χ4v) is 5.88. The van der Waals surface area contributed by atoms with E-state index in [9.17, 15) is 13.6 Å². The topological polar surface area (TPSA) is 73.4 Å². The molecule has 1 saturated heterocycles. The van der Waals surface area contributed by atoms with E-state index in [0.717, 1.165) is 53.9 Å². The Labute approximate surface area is 246 Å². The van der Waals surface area contributed by atoms with Crippen LogP contribution in [0.5, 0.6) is 11.5 Å². The predicted molar refractivity (Wildman–Crippen MR) is 155 cm³/mol. The number of ether oxygens (including phenoxy) is 1. The fourth-order valence-electron chi connectivity index (χ4n) is 5.88. The number of Topliss-reactive ketones (excluding diaryl/α,β-unsaturated/α-hetero) is 1. The predicted octanol–water partition coefficient (Wildman–Crippen LogP) is 7.21. The lowest BCUT2D eigenvalue weighted by Gasteiger charge is -2.35. The van der Waals surface area contributed by atoms with Gasteiger partial charge in [-0.2, -0.15) is 9.49 Å². The minimum absolute atomic E-state index is 0.0671. The van der Waals surface area contributed by atoms with Crippen LogP contribution in [0.3, 0.4) is 0 Å². The number of anilines is 1. The van der Waals surface area contributed by atoms with Gasteiger partial charge in [0, 0.05) is 24.1 Å². The highest BCUT2D eigenvalue weighted by Gasteiger charge is 2.29. The average molecular weight is 591 g/mol. The van der Waals surface area contributed by atoms with Gasteiger partial charge in [0.1, 0.15) is 23.1 Å². The van der Waals surface area contributed by atoms with Crippen LogP contribution in [0.4, 0.5) is 23.4 Å². The Morgan fingerprint density at radius 1 is 1.00 bits per heavy atom. The number of carbonyl (C=O) groups excluding carboxylic acids is 1. The number of aromatic nitrogens is 2. The first-order valence-electron chi connectivity index (χ1n) is 14.2. The van der Waals surface area contributed by atoms with Crippen LogP contribution in [0.25, 0.3) is 11.8 Å². The highest BCUT2D eigenvalue weighted by atomic mass is 19.2. The Hall–Kier alpha value is -4.44. The summed E-state index contributed by atoms with van der Waals surface area (Å²) < 4.78 is 64.1. The molecule has 1 aliphatic carbocycles. The van der Waals surface area contributed by atoms with Crippen LogP contribution in [-0.2, 0) is 6.42 Å². The molecule has 0 radical (unpaired) electrons. The van der Waals surface area contributed by atoms with Crippen molar-refractivity contribution >= 4 is 17.7 Å². The van der Waals surface area contributed by atoms with Crippen molar-refractivity contribution in [3.8, 4) is 17.2 Å². The van der Waals surface area contributed by atoms with Gasteiger partial charge in [-0.25, -0.2) is 17.9 Å². The van der Waals surface area contributed by atoms with Crippen LogP contribution < -0.4 is 10.5 Å². The largest absolute Gasteiger partial charge is 0.454 e.